The largest absolute Gasteiger partial charge is 0.469 e. The number of esters is 1. The van der Waals surface area contributed by atoms with Crippen molar-refractivity contribution < 1.29 is 19.1 Å². The zero-order valence-electron chi connectivity index (χ0n) is 12.1. The SMILES string of the molecule is COCCCN(CC(C)C(=O)OC)C(=O)c1cccs1. The molecule has 0 saturated heterocycles. The van der Waals surface area contributed by atoms with Crippen LogP contribution in [0.1, 0.15) is 23.0 Å². The molecular weight excluding hydrogens is 278 g/mol. The maximum atomic E-state index is 12.4. The molecule has 0 spiro atoms. The van der Waals surface area contributed by atoms with Gasteiger partial charge in [-0.1, -0.05) is 13.0 Å². The molecule has 1 atom stereocenters. The molecule has 0 radical (unpaired) electrons. The number of methoxy groups -OCH3 is 2. The van der Waals surface area contributed by atoms with Crippen LogP contribution in [0.3, 0.4) is 0 Å². The molecule has 1 unspecified atom stereocenters. The van der Waals surface area contributed by atoms with E-state index in [9.17, 15) is 9.59 Å². The number of ether oxygens (including phenoxy) is 2. The minimum absolute atomic E-state index is 0.0492. The van der Waals surface area contributed by atoms with Crippen LogP contribution >= 0.6 is 11.3 Å². The summed E-state index contributed by atoms with van der Waals surface area (Å²) in [6, 6.07) is 3.63. The highest BCUT2D eigenvalue weighted by Crippen LogP contribution is 2.14. The van der Waals surface area contributed by atoms with Crippen LogP contribution in [-0.2, 0) is 14.3 Å². The van der Waals surface area contributed by atoms with Gasteiger partial charge in [-0.15, -0.1) is 11.3 Å². The Hall–Kier alpha value is -1.40. The first-order valence-electron chi connectivity index (χ1n) is 6.49. The lowest BCUT2D eigenvalue weighted by Gasteiger charge is -2.24. The Morgan fingerprint density at radius 2 is 2.15 bits per heavy atom. The van der Waals surface area contributed by atoms with Crippen molar-refractivity contribution in [2.75, 3.05) is 33.9 Å². The van der Waals surface area contributed by atoms with Crippen LogP contribution < -0.4 is 0 Å². The van der Waals surface area contributed by atoms with Crippen molar-refractivity contribution >= 4 is 23.2 Å². The average Bonchev–Trinajstić information content (AvgIpc) is 2.98. The molecule has 1 aromatic rings. The molecule has 6 heteroatoms. The molecule has 0 saturated carbocycles. The summed E-state index contributed by atoms with van der Waals surface area (Å²) in [6.45, 7) is 3.26. The molecular formula is C14H21NO4S. The summed E-state index contributed by atoms with van der Waals surface area (Å²) in [5.74, 6) is -0.695. The van der Waals surface area contributed by atoms with Gasteiger partial charge in [0.15, 0.2) is 0 Å². The minimum Gasteiger partial charge on any atom is -0.469 e. The predicted octanol–water partition coefficient (Wildman–Crippen LogP) is 2.04. The smallest absolute Gasteiger partial charge is 0.310 e. The van der Waals surface area contributed by atoms with Crippen molar-refractivity contribution in [3.8, 4) is 0 Å². The standard InChI is InChI=1S/C14H21NO4S/c1-11(14(17)19-3)10-15(7-5-8-18-2)13(16)12-6-4-9-20-12/h4,6,9,11H,5,7-8,10H2,1-3H3. The zero-order chi connectivity index (χ0) is 15.0. The normalized spacial score (nSPS) is 11.9. The highest BCUT2D eigenvalue weighted by atomic mass is 32.1. The first-order chi connectivity index (χ1) is 9.60. The highest BCUT2D eigenvalue weighted by molar-refractivity contribution is 7.12. The summed E-state index contributed by atoms with van der Waals surface area (Å²) < 4.78 is 9.72. The van der Waals surface area contributed by atoms with Crippen LogP contribution in [-0.4, -0.2) is 50.7 Å². The lowest BCUT2D eigenvalue weighted by Crippen LogP contribution is -2.38. The summed E-state index contributed by atoms with van der Waals surface area (Å²) in [6.07, 6.45) is 0.738. The van der Waals surface area contributed by atoms with E-state index in [1.807, 2.05) is 11.4 Å². The van der Waals surface area contributed by atoms with Gasteiger partial charge in [-0.25, -0.2) is 0 Å². The quantitative estimate of drug-likeness (QED) is 0.544. The number of rotatable bonds is 8. The molecule has 0 aliphatic carbocycles. The van der Waals surface area contributed by atoms with E-state index in [1.54, 1.807) is 25.0 Å². The summed E-state index contributed by atoms with van der Waals surface area (Å²) in [7, 11) is 2.98. The van der Waals surface area contributed by atoms with Gasteiger partial charge in [0.25, 0.3) is 5.91 Å². The zero-order valence-corrected chi connectivity index (χ0v) is 12.9. The number of carbonyl (C=O) groups excluding carboxylic acids is 2. The third-order valence-corrected chi connectivity index (χ3v) is 3.75. The second kappa shape index (κ2) is 8.71. The van der Waals surface area contributed by atoms with Crippen molar-refractivity contribution in [3.63, 3.8) is 0 Å². The van der Waals surface area contributed by atoms with Gasteiger partial charge in [0.1, 0.15) is 0 Å². The second-order valence-corrected chi connectivity index (χ2v) is 5.45. The lowest BCUT2D eigenvalue weighted by molar-refractivity contribution is -0.145. The van der Waals surface area contributed by atoms with Crippen LogP contribution in [0.2, 0.25) is 0 Å². The summed E-state index contributed by atoms with van der Waals surface area (Å²) in [5, 5.41) is 1.87. The monoisotopic (exact) mass is 299 g/mol. The Kier molecular flexibility index (Phi) is 7.25. The van der Waals surface area contributed by atoms with Gasteiger partial charge in [0.05, 0.1) is 17.9 Å². The van der Waals surface area contributed by atoms with Crippen molar-refractivity contribution in [1.82, 2.24) is 4.90 Å². The molecule has 1 amide bonds. The Morgan fingerprint density at radius 1 is 1.40 bits per heavy atom. The number of hydrogen-bond acceptors (Lipinski definition) is 5. The van der Waals surface area contributed by atoms with E-state index in [4.69, 9.17) is 9.47 Å². The first-order valence-corrected chi connectivity index (χ1v) is 7.37. The Balaban J connectivity index is 2.69. The number of amides is 1. The van der Waals surface area contributed by atoms with Crippen molar-refractivity contribution in [2.45, 2.75) is 13.3 Å². The van der Waals surface area contributed by atoms with Gasteiger partial charge in [-0.3, -0.25) is 9.59 Å². The first kappa shape index (κ1) is 16.7. The van der Waals surface area contributed by atoms with Gasteiger partial charge in [0.2, 0.25) is 0 Å². The number of hydrogen-bond donors (Lipinski definition) is 0. The Morgan fingerprint density at radius 3 is 2.70 bits per heavy atom. The average molecular weight is 299 g/mol. The molecule has 0 aromatic carbocycles. The van der Waals surface area contributed by atoms with Crippen LogP contribution in [0.5, 0.6) is 0 Å². The van der Waals surface area contributed by atoms with Gasteiger partial charge in [-0.2, -0.15) is 0 Å². The van der Waals surface area contributed by atoms with Crippen molar-refractivity contribution in [2.24, 2.45) is 5.92 Å². The van der Waals surface area contributed by atoms with Gasteiger partial charge in [-0.05, 0) is 17.9 Å². The maximum absolute atomic E-state index is 12.4. The molecule has 0 aliphatic heterocycles. The Bertz CT molecular complexity index is 419. The van der Waals surface area contributed by atoms with Crippen LogP contribution in [0, 0.1) is 5.92 Å². The van der Waals surface area contributed by atoms with E-state index in [1.165, 1.54) is 18.4 Å². The fraction of sp³-hybridized carbons (Fsp3) is 0.571. The maximum Gasteiger partial charge on any atom is 0.310 e. The fourth-order valence-corrected chi connectivity index (χ4v) is 2.53. The molecule has 5 nitrogen and oxygen atoms in total. The minimum atomic E-state index is -0.341. The van der Waals surface area contributed by atoms with Crippen molar-refractivity contribution in [1.29, 1.82) is 0 Å². The number of thiophene rings is 1. The third kappa shape index (κ3) is 4.94. The molecule has 1 aromatic heterocycles. The summed E-state index contributed by atoms with van der Waals surface area (Å²) >= 11 is 1.40. The van der Waals surface area contributed by atoms with Crippen LogP contribution in [0.4, 0.5) is 0 Å². The topological polar surface area (TPSA) is 55.8 Å². The molecule has 0 fully saturated rings. The summed E-state index contributed by atoms with van der Waals surface area (Å²) in [5.41, 5.74) is 0. The molecule has 1 heterocycles. The van der Waals surface area contributed by atoms with E-state index in [2.05, 4.69) is 0 Å². The van der Waals surface area contributed by atoms with Gasteiger partial charge >= 0.3 is 5.97 Å². The molecule has 1 rings (SSSR count). The lowest BCUT2D eigenvalue weighted by atomic mass is 10.1. The van der Waals surface area contributed by atoms with E-state index in [-0.39, 0.29) is 17.8 Å². The van der Waals surface area contributed by atoms with Crippen molar-refractivity contribution in [3.05, 3.63) is 22.4 Å². The van der Waals surface area contributed by atoms with E-state index in [0.29, 0.717) is 24.6 Å². The molecule has 20 heavy (non-hydrogen) atoms. The molecule has 0 N–H and O–H groups in total. The van der Waals surface area contributed by atoms with Gasteiger partial charge < -0.3 is 14.4 Å². The van der Waals surface area contributed by atoms with Crippen LogP contribution in [0.25, 0.3) is 0 Å². The van der Waals surface area contributed by atoms with E-state index in [0.717, 1.165) is 6.42 Å². The van der Waals surface area contributed by atoms with E-state index < -0.39 is 0 Å². The number of nitrogens with zero attached hydrogens (tertiary/aromatic N) is 1. The van der Waals surface area contributed by atoms with Crippen LogP contribution in [0.15, 0.2) is 17.5 Å². The fourth-order valence-electron chi connectivity index (χ4n) is 1.84. The highest BCUT2D eigenvalue weighted by Gasteiger charge is 2.22. The Labute approximate surface area is 123 Å². The second-order valence-electron chi connectivity index (χ2n) is 4.50. The van der Waals surface area contributed by atoms with Gasteiger partial charge in [0, 0.05) is 26.8 Å². The third-order valence-electron chi connectivity index (χ3n) is 2.89. The summed E-state index contributed by atoms with van der Waals surface area (Å²) in [4.78, 5) is 26.3. The van der Waals surface area contributed by atoms with E-state index >= 15 is 0 Å². The molecule has 0 aliphatic rings. The number of carbonyl (C=O) groups is 2. The molecule has 112 valence electrons. The molecule has 0 bridgehead atoms. The predicted molar refractivity (Wildman–Crippen MR) is 77.9 cm³/mol.